The lowest BCUT2D eigenvalue weighted by molar-refractivity contribution is -0.119. The van der Waals surface area contributed by atoms with Crippen molar-refractivity contribution in [1.29, 1.82) is 0 Å². The van der Waals surface area contributed by atoms with Crippen molar-refractivity contribution in [1.82, 2.24) is 5.43 Å². The number of halogens is 1. The minimum absolute atomic E-state index is 0.0386. The molecular weight excluding hydrogens is 534 g/mol. The van der Waals surface area contributed by atoms with Crippen molar-refractivity contribution < 1.29 is 22.7 Å². The van der Waals surface area contributed by atoms with Gasteiger partial charge in [-0.2, -0.15) is 5.10 Å². The molecule has 0 heterocycles. The van der Waals surface area contributed by atoms with Crippen LogP contribution in [0, 0.1) is 6.92 Å². The molecule has 0 atom stereocenters. The van der Waals surface area contributed by atoms with Gasteiger partial charge in [0.1, 0.15) is 18.0 Å². The molecule has 0 bridgehead atoms. The van der Waals surface area contributed by atoms with Gasteiger partial charge in [-0.3, -0.25) is 9.10 Å². The van der Waals surface area contributed by atoms with Crippen molar-refractivity contribution in [2.45, 2.75) is 18.7 Å². The van der Waals surface area contributed by atoms with Crippen LogP contribution >= 0.6 is 15.9 Å². The average molecular weight is 560 g/mol. The van der Waals surface area contributed by atoms with E-state index in [2.05, 4.69) is 26.5 Å². The predicted octanol–water partition coefficient (Wildman–Crippen LogP) is 4.51. The molecule has 1 N–H and O–H groups in total. The van der Waals surface area contributed by atoms with E-state index >= 15 is 0 Å². The van der Waals surface area contributed by atoms with Gasteiger partial charge in [-0.15, -0.1) is 0 Å². The summed E-state index contributed by atoms with van der Waals surface area (Å²) in [6.07, 6.45) is 1.43. The van der Waals surface area contributed by atoms with Crippen molar-refractivity contribution in [2.24, 2.45) is 5.10 Å². The van der Waals surface area contributed by atoms with Gasteiger partial charge in [-0.05, 0) is 68.4 Å². The van der Waals surface area contributed by atoms with Gasteiger partial charge in [-0.25, -0.2) is 13.8 Å². The molecule has 0 saturated heterocycles. The van der Waals surface area contributed by atoms with Crippen LogP contribution in [0.1, 0.15) is 18.1 Å². The summed E-state index contributed by atoms with van der Waals surface area (Å²) in [4.78, 5) is 12.8. The normalized spacial score (nSPS) is 11.3. The Morgan fingerprint density at radius 2 is 1.77 bits per heavy atom. The fraction of sp³-hybridized carbons (Fsp3) is 0.200. The van der Waals surface area contributed by atoms with E-state index in [1.54, 1.807) is 48.5 Å². The Balaban J connectivity index is 1.84. The van der Waals surface area contributed by atoms with E-state index < -0.39 is 22.5 Å². The van der Waals surface area contributed by atoms with Gasteiger partial charge in [0.25, 0.3) is 15.9 Å². The summed E-state index contributed by atoms with van der Waals surface area (Å²) in [6.45, 7) is 3.74. The fourth-order valence-corrected chi connectivity index (χ4v) is 4.97. The van der Waals surface area contributed by atoms with Crippen LogP contribution in [0.3, 0.4) is 0 Å². The number of benzene rings is 3. The number of nitrogens with one attached hydrogen (secondary N) is 1. The zero-order valence-electron chi connectivity index (χ0n) is 19.6. The summed E-state index contributed by atoms with van der Waals surface area (Å²) in [6, 6.07) is 18.3. The maximum absolute atomic E-state index is 13.5. The highest BCUT2D eigenvalue weighted by molar-refractivity contribution is 9.10. The lowest BCUT2D eigenvalue weighted by atomic mass is 10.2. The molecule has 0 aliphatic carbocycles. The number of aryl methyl sites for hydroxylation is 1. The molecule has 8 nitrogen and oxygen atoms in total. The van der Waals surface area contributed by atoms with Gasteiger partial charge in [0.15, 0.2) is 0 Å². The van der Waals surface area contributed by atoms with Crippen molar-refractivity contribution in [3.05, 3.63) is 82.3 Å². The van der Waals surface area contributed by atoms with Gasteiger partial charge in [-0.1, -0.05) is 33.6 Å². The molecule has 3 rings (SSSR count). The number of rotatable bonds is 10. The van der Waals surface area contributed by atoms with Crippen LogP contribution < -0.4 is 19.2 Å². The number of hydrogen-bond donors (Lipinski definition) is 1. The monoisotopic (exact) mass is 559 g/mol. The van der Waals surface area contributed by atoms with Crippen molar-refractivity contribution in [2.75, 3.05) is 24.6 Å². The van der Waals surface area contributed by atoms with E-state index in [0.29, 0.717) is 29.4 Å². The Kier molecular flexibility index (Phi) is 8.89. The largest absolute Gasteiger partial charge is 0.496 e. The SMILES string of the molecule is CCOc1ccc(S(=O)(=O)N(CC(=O)N/N=C\c2cc(Br)ccc2OC)c2ccc(C)cc2)cc1. The van der Waals surface area contributed by atoms with E-state index in [4.69, 9.17) is 9.47 Å². The third-order valence-corrected chi connectivity index (χ3v) is 7.20. The van der Waals surface area contributed by atoms with Crippen molar-refractivity contribution in [3.63, 3.8) is 0 Å². The van der Waals surface area contributed by atoms with Gasteiger partial charge < -0.3 is 9.47 Å². The first-order chi connectivity index (χ1) is 16.7. The summed E-state index contributed by atoms with van der Waals surface area (Å²) in [5.74, 6) is 0.527. The Bertz CT molecular complexity index is 1290. The van der Waals surface area contributed by atoms with Crippen LogP contribution in [-0.2, 0) is 14.8 Å². The first-order valence-electron chi connectivity index (χ1n) is 10.7. The first kappa shape index (κ1) is 26.2. The molecular formula is C25H26BrN3O5S. The summed E-state index contributed by atoms with van der Waals surface area (Å²) in [7, 11) is -2.52. The van der Waals surface area contributed by atoms with Gasteiger partial charge in [0.05, 0.1) is 30.5 Å². The van der Waals surface area contributed by atoms with Crippen LogP contribution in [0.2, 0.25) is 0 Å². The Labute approximate surface area is 213 Å². The fourth-order valence-electron chi connectivity index (χ4n) is 3.17. The molecule has 0 saturated carbocycles. The minimum Gasteiger partial charge on any atom is -0.496 e. The second-order valence-corrected chi connectivity index (χ2v) is 10.2. The van der Waals surface area contributed by atoms with Gasteiger partial charge >= 0.3 is 0 Å². The molecule has 0 fully saturated rings. The summed E-state index contributed by atoms with van der Waals surface area (Å²) < 4.78 is 39.5. The number of nitrogens with zero attached hydrogens (tertiary/aromatic N) is 2. The molecule has 1 amide bonds. The van der Waals surface area contributed by atoms with E-state index in [9.17, 15) is 13.2 Å². The highest BCUT2D eigenvalue weighted by atomic mass is 79.9. The third-order valence-electron chi connectivity index (χ3n) is 4.92. The maximum atomic E-state index is 13.5. The molecule has 184 valence electrons. The van der Waals surface area contributed by atoms with Crippen molar-refractivity contribution >= 4 is 43.8 Å². The van der Waals surface area contributed by atoms with Crippen LogP contribution in [0.5, 0.6) is 11.5 Å². The molecule has 0 spiro atoms. The quantitative estimate of drug-likeness (QED) is 0.291. The number of anilines is 1. The molecule has 0 aliphatic heterocycles. The number of hydrazone groups is 1. The zero-order valence-corrected chi connectivity index (χ0v) is 22.0. The van der Waals surface area contributed by atoms with Crippen LogP contribution in [0.4, 0.5) is 5.69 Å². The lowest BCUT2D eigenvalue weighted by Crippen LogP contribution is -2.39. The van der Waals surface area contributed by atoms with E-state index in [-0.39, 0.29) is 4.90 Å². The van der Waals surface area contributed by atoms with E-state index in [1.807, 2.05) is 19.9 Å². The number of ether oxygens (including phenoxy) is 2. The highest BCUT2D eigenvalue weighted by Crippen LogP contribution is 2.26. The number of carbonyl (C=O) groups excluding carboxylic acids is 1. The Morgan fingerprint density at radius 1 is 1.09 bits per heavy atom. The van der Waals surface area contributed by atoms with Crippen LogP contribution in [0.15, 0.2) is 81.2 Å². The standard InChI is InChI=1S/C25H26BrN3O5S/c1-4-34-22-10-12-23(13-11-22)35(31,32)29(21-8-5-18(2)6-9-21)17-25(30)28-27-16-19-15-20(26)7-14-24(19)33-3/h5-16H,4,17H2,1-3H3,(H,28,30)/b27-16-. The summed E-state index contributed by atoms with van der Waals surface area (Å²) >= 11 is 3.38. The second kappa shape index (κ2) is 11.9. The van der Waals surface area contributed by atoms with Crippen LogP contribution in [-0.4, -0.2) is 40.8 Å². The molecule has 3 aromatic rings. The number of sulfonamides is 1. The summed E-state index contributed by atoms with van der Waals surface area (Å²) in [5.41, 5.74) is 4.36. The topological polar surface area (TPSA) is 97.3 Å². The average Bonchev–Trinajstić information content (AvgIpc) is 2.84. The second-order valence-electron chi connectivity index (χ2n) is 7.43. The smallest absolute Gasteiger partial charge is 0.264 e. The maximum Gasteiger partial charge on any atom is 0.264 e. The number of methoxy groups -OCH3 is 1. The van der Waals surface area contributed by atoms with E-state index in [0.717, 1.165) is 14.3 Å². The molecule has 0 radical (unpaired) electrons. The molecule has 0 aliphatic rings. The molecule has 3 aromatic carbocycles. The Morgan fingerprint density at radius 3 is 2.40 bits per heavy atom. The van der Waals surface area contributed by atoms with E-state index in [1.165, 1.54) is 25.5 Å². The van der Waals surface area contributed by atoms with Gasteiger partial charge in [0, 0.05) is 10.0 Å². The Hall–Kier alpha value is -3.37. The minimum atomic E-state index is -4.05. The molecule has 0 unspecified atom stereocenters. The lowest BCUT2D eigenvalue weighted by Gasteiger charge is -2.24. The zero-order chi connectivity index (χ0) is 25.4. The number of hydrogen-bond acceptors (Lipinski definition) is 6. The summed E-state index contributed by atoms with van der Waals surface area (Å²) in [5, 5.41) is 3.98. The first-order valence-corrected chi connectivity index (χ1v) is 13.0. The molecule has 10 heteroatoms. The highest BCUT2D eigenvalue weighted by Gasteiger charge is 2.27. The van der Waals surface area contributed by atoms with Crippen LogP contribution in [0.25, 0.3) is 0 Å². The third kappa shape index (κ3) is 6.83. The van der Waals surface area contributed by atoms with Gasteiger partial charge in [0.2, 0.25) is 0 Å². The number of carbonyl (C=O) groups is 1. The molecule has 0 aromatic heterocycles. The number of amides is 1. The van der Waals surface area contributed by atoms with Crippen molar-refractivity contribution in [3.8, 4) is 11.5 Å². The molecule has 35 heavy (non-hydrogen) atoms. The predicted molar refractivity (Wildman–Crippen MR) is 140 cm³/mol.